The number of carbonyl (C=O) groups is 1. The van der Waals surface area contributed by atoms with Gasteiger partial charge in [0.1, 0.15) is 0 Å². The summed E-state index contributed by atoms with van der Waals surface area (Å²) in [6, 6.07) is 1.79. The summed E-state index contributed by atoms with van der Waals surface area (Å²) in [6.45, 7) is 4.88. The fourth-order valence-electron chi connectivity index (χ4n) is 1.34. The van der Waals surface area contributed by atoms with Gasteiger partial charge in [0.05, 0.1) is 5.56 Å². The van der Waals surface area contributed by atoms with Gasteiger partial charge in [-0.25, -0.2) is 5.48 Å². The molecule has 0 bridgehead atoms. The maximum atomic E-state index is 11.0. The van der Waals surface area contributed by atoms with Crippen molar-refractivity contribution in [2.75, 3.05) is 0 Å². The Bertz CT molecular complexity index is 283. The number of hydrogen-bond acceptors (Lipinski definition) is 2. The fraction of sp³-hybridized carbons (Fsp3) is 0.444. The third-order valence-electron chi connectivity index (χ3n) is 2.05. The molecule has 4 nitrogen and oxygen atoms in total. The smallest absolute Gasteiger partial charge is 0.276 e. The van der Waals surface area contributed by atoms with Crippen LogP contribution in [0.4, 0.5) is 0 Å². The lowest BCUT2D eigenvalue weighted by molar-refractivity contribution is 0.0706. The molecular weight excluding hydrogens is 168 g/mol. The van der Waals surface area contributed by atoms with Crippen molar-refractivity contribution >= 4 is 5.91 Å². The Labute approximate surface area is 77.1 Å². The second-order valence-electron chi connectivity index (χ2n) is 2.80. The van der Waals surface area contributed by atoms with Crippen molar-refractivity contribution in [2.24, 2.45) is 0 Å². The van der Waals surface area contributed by atoms with E-state index in [0.717, 1.165) is 18.7 Å². The van der Waals surface area contributed by atoms with Gasteiger partial charge in [-0.2, -0.15) is 0 Å². The van der Waals surface area contributed by atoms with Crippen LogP contribution in [0.15, 0.2) is 12.3 Å². The number of hydrogen-bond donors (Lipinski definition) is 2. The maximum Gasteiger partial charge on any atom is 0.276 e. The van der Waals surface area contributed by atoms with Gasteiger partial charge in [0, 0.05) is 18.4 Å². The number of nitrogens with zero attached hydrogens (tertiary/aromatic N) is 1. The quantitative estimate of drug-likeness (QED) is 0.545. The zero-order valence-corrected chi connectivity index (χ0v) is 7.87. The monoisotopic (exact) mass is 182 g/mol. The van der Waals surface area contributed by atoms with E-state index in [9.17, 15) is 4.79 Å². The molecule has 0 saturated carbocycles. The molecule has 0 unspecified atom stereocenters. The lowest BCUT2D eigenvalue weighted by atomic mass is 10.3. The molecule has 13 heavy (non-hydrogen) atoms. The van der Waals surface area contributed by atoms with Gasteiger partial charge in [0.25, 0.3) is 5.91 Å². The molecule has 0 saturated heterocycles. The van der Waals surface area contributed by atoms with Crippen molar-refractivity contribution in [3.63, 3.8) is 0 Å². The van der Waals surface area contributed by atoms with E-state index in [1.807, 2.05) is 18.4 Å². The van der Waals surface area contributed by atoms with E-state index in [-0.39, 0.29) is 0 Å². The molecule has 0 aliphatic heterocycles. The molecule has 1 aromatic rings. The Hall–Kier alpha value is -1.29. The minimum Gasteiger partial charge on any atom is -0.351 e. The number of rotatable bonds is 3. The third-order valence-corrected chi connectivity index (χ3v) is 2.05. The molecular formula is C9H14N2O2. The summed E-state index contributed by atoms with van der Waals surface area (Å²) in [4.78, 5) is 11.0. The minimum absolute atomic E-state index is 0.457. The Morgan fingerprint density at radius 1 is 1.62 bits per heavy atom. The first kappa shape index (κ1) is 9.80. The number of aromatic nitrogens is 1. The molecule has 1 aromatic heterocycles. The first-order chi connectivity index (χ1) is 6.22. The standard InChI is InChI=1S/C9H14N2O2/c1-3-8-5-7(9(12)10-13)6-11(8)4-2/h5-6,13H,3-4H2,1-2H3,(H,10,12). The van der Waals surface area contributed by atoms with Gasteiger partial charge in [0.2, 0.25) is 0 Å². The summed E-state index contributed by atoms with van der Waals surface area (Å²) in [5.74, 6) is -0.457. The van der Waals surface area contributed by atoms with Crippen molar-refractivity contribution in [2.45, 2.75) is 26.8 Å². The highest BCUT2D eigenvalue weighted by Gasteiger charge is 2.08. The molecule has 0 spiro atoms. The van der Waals surface area contributed by atoms with Crippen LogP contribution >= 0.6 is 0 Å². The summed E-state index contributed by atoms with van der Waals surface area (Å²) in [5, 5.41) is 8.42. The van der Waals surface area contributed by atoms with E-state index in [2.05, 4.69) is 0 Å². The zero-order chi connectivity index (χ0) is 9.84. The van der Waals surface area contributed by atoms with Gasteiger partial charge in [-0.05, 0) is 19.4 Å². The van der Waals surface area contributed by atoms with Crippen LogP contribution in [0.5, 0.6) is 0 Å². The molecule has 0 fully saturated rings. The number of aryl methyl sites for hydroxylation is 2. The topological polar surface area (TPSA) is 54.3 Å². The fourth-order valence-corrected chi connectivity index (χ4v) is 1.34. The average molecular weight is 182 g/mol. The average Bonchev–Trinajstić information content (AvgIpc) is 2.59. The molecule has 0 aliphatic rings. The third kappa shape index (κ3) is 1.89. The van der Waals surface area contributed by atoms with E-state index in [4.69, 9.17) is 5.21 Å². The van der Waals surface area contributed by atoms with Gasteiger partial charge in [-0.15, -0.1) is 0 Å². The summed E-state index contributed by atoms with van der Waals surface area (Å²) in [7, 11) is 0. The van der Waals surface area contributed by atoms with E-state index in [1.54, 1.807) is 17.7 Å². The summed E-state index contributed by atoms with van der Waals surface area (Å²) in [6.07, 6.45) is 2.62. The van der Waals surface area contributed by atoms with Crippen LogP contribution in [0.1, 0.15) is 29.9 Å². The molecule has 0 aromatic carbocycles. The second kappa shape index (κ2) is 4.09. The molecule has 2 N–H and O–H groups in total. The predicted molar refractivity (Wildman–Crippen MR) is 48.7 cm³/mol. The van der Waals surface area contributed by atoms with E-state index in [0.29, 0.717) is 5.56 Å². The summed E-state index contributed by atoms with van der Waals surface area (Å²) in [5.41, 5.74) is 3.22. The van der Waals surface area contributed by atoms with Crippen molar-refractivity contribution in [1.29, 1.82) is 0 Å². The molecule has 1 amide bonds. The molecule has 0 radical (unpaired) electrons. The summed E-state index contributed by atoms with van der Waals surface area (Å²) < 4.78 is 1.99. The van der Waals surface area contributed by atoms with Crippen LogP contribution in [0.3, 0.4) is 0 Å². The number of hydroxylamine groups is 1. The van der Waals surface area contributed by atoms with Gasteiger partial charge >= 0.3 is 0 Å². The van der Waals surface area contributed by atoms with E-state index in [1.165, 1.54) is 0 Å². The molecule has 1 heterocycles. The van der Waals surface area contributed by atoms with Gasteiger partial charge < -0.3 is 4.57 Å². The van der Waals surface area contributed by atoms with Crippen LogP contribution in [0, 0.1) is 0 Å². The molecule has 0 atom stereocenters. The second-order valence-corrected chi connectivity index (χ2v) is 2.80. The van der Waals surface area contributed by atoms with Crippen LogP contribution in [-0.2, 0) is 13.0 Å². The highest BCUT2D eigenvalue weighted by atomic mass is 16.5. The maximum absolute atomic E-state index is 11.0. The molecule has 4 heteroatoms. The number of carbonyl (C=O) groups excluding carboxylic acids is 1. The van der Waals surface area contributed by atoms with Gasteiger partial charge in [0.15, 0.2) is 0 Å². The van der Waals surface area contributed by atoms with Crippen LogP contribution in [0.25, 0.3) is 0 Å². The van der Waals surface area contributed by atoms with Crippen LogP contribution in [0.2, 0.25) is 0 Å². The summed E-state index contributed by atoms with van der Waals surface area (Å²) >= 11 is 0. The Morgan fingerprint density at radius 3 is 2.69 bits per heavy atom. The first-order valence-electron chi connectivity index (χ1n) is 4.36. The van der Waals surface area contributed by atoms with Crippen molar-refractivity contribution in [3.05, 3.63) is 23.5 Å². The van der Waals surface area contributed by atoms with Crippen molar-refractivity contribution in [1.82, 2.24) is 10.0 Å². The van der Waals surface area contributed by atoms with Crippen LogP contribution < -0.4 is 5.48 Å². The predicted octanol–water partition coefficient (Wildman–Crippen LogP) is 1.19. The Kier molecular flexibility index (Phi) is 3.08. The van der Waals surface area contributed by atoms with E-state index < -0.39 is 5.91 Å². The van der Waals surface area contributed by atoms with Gasteiger partial charge in [-0.1, -0.05) is 6.92 Å². The SMILES string of the molecule is CCc1cc(C(=O)NO)cn1CC. The van der Waals surface area contributed by atoms with Crippen molar-refractivity contribution < 1.29 is 10.0 Å². The molecule has 1 rings (SSSR count). The minimum atomic E-state index is -0.457. The molecule has 72 valence electrons. The number of amides is 1. The van der Waals surface area contributed by atoms with Crippen LogP contribution in [-0.4, -0.2) is 15.7 Å². The molecule has 0 aliphatic carbocycles. The van der Waals surface area contributed by atoms with E-state index >= 15 is 0 Å². The van der Waals surface area contributed by atoms with Gasteiger partial charge in [-0.3, -0.25) is 10.0 Å². The Morgan fingerprint density at radius 2 is 2.31 bits per heavy atom. The lowest BCUT2D eigenvalue weighted by Gasteiger charge is -2.01. The number of nitrogens with one attached hydrogen (secondary N) is 1. The normalized spacial score (nSPS) is 10.1. The lowest BCUT2D eigenvalue weighted by Crippen LogP contribution is -2.17. The largest absolute Gasteiger partial charge is 0.351 e. The highest BCUT2D eigenvalue weighted by Crippen LogP contribution is 2.09. The Balaban J connectivity index is 2.99. The zero-order valence-electron chi connectivity index (χ0n) is 7.87. The first-order valence-corrected chi connectivity index (χ1v) is 4.36. The van der Waals surface area contributed by atoms with Crippen molar-refractivity contribution in [3.8, 4) is 0 Å². The highest BCUT2D eigenvalue weighted by molar-refractivity contribution is 5.93.